The molecule has 0 aliphatic heterocycles. The molecular formula is C6H5ClN2O2S. The minimum atomic E-state index is -0.460. The van der Waals surface area contributed by atoms with Gasteiger partial charge in [-0.05, 0) is 11.6 Å². The van der Waals surface area contributed by atoms with Gasteiger partial charge in [-0.1, -0.05) is 0 Å². The average molecular weight is 208 g/mol. The van der Waals surface area contributed by atoms with Gasteiger partial charge in [-0.25, -0.2) is 4.98 Å². The maximum atomic E-state index is 10.4. The van der Waals surface area contributed by atoms with Crippen LogP contribution in [-0.4, -0.2) is 16.6 Å². The summed E-state index contributed by atoms with van der Waals surface area (Å²) < 4.78 is 0. The average Bonchev–Trinajstić information content (AvgIpc) is 2.36. The maximum Gasteiger partial charge on any atom is 0.227 e. The van der Waals surface area contributed by atoms with Gasteiger partial charge in [0.25, 0.3) is 0 Å². The molecule has 1 amide bonds. The van der Waals surface area contributed by atoms with E-state index >= 15 is 0 Å². The first-order valence-electron chi connectivity index (χ1n) is 3.05. The summed E-state index contributed by atoms with van der Waals surface area (Å²) >= 11 is 6.39. The molecule has 0 atom stereocenters. The Morgan fingerprint density at radius 3 is 3.17 bits per heavy atom. The Kier molecular flexibility index (Phi) is 3.19. The van der Waals surface area contributed by atoms with Gasteiger partial charge in [-0.2, -0.15) is 0 Å². The highest BCUT2D eigenvalue weighted by Gasteiger charge is 2.04. The van der Waals surface area contributed by atoms with E-state index in [0.29, 0.717) is 17.2 Å². The highest BCUT2D eigenvalue weighted by atomic mass is 35.5. The van der Waals surface area contributed by atoms with Crippen molar-refractivity contribution in [3.05, 3.63) is 11.1 Å². The molecule has 6 heteroatoms. The lowest BCUT2D eigenvalue weighted by Gasteiger charge is -1.87. The van der Waals surface area contributed by atoms with Crippen LogP contribution in [0.15, 0.2) is 5.38 Å². The summed E-state index contributed by atoms with van der Waals surface area (Å²) in [6.07, 6.45) is 0.629. The molecule has 4 nitrogen and oxygen atoms in total. The molecule has 0 aromatic carbocycles. The second-order valence-electron chi connectivity index (χ2n) is 1.94. The molecule has 1 rings (SSSR count). The van der Waals surface area contributed by atoms with Gasteiger partial charge in [-0.3, -0.25) is 9.59 Å². The molecule has 12 heavy (non-hydrogen) atoms. The molecular weight excluding hydrogens is 203 g/mol. The molecule has 0 aliphatic carbocycles. The molecule has 0 bridgehead atoms. The lowest BCUT2D eigenvalue weighted by molar-refractivity contribution is -0.111. The van der Waals surface area contributed by atoms with E-state index in [-0.39, 0.29) is 6.42 Å². The Morgan fingerprint density at radius 2 is 2.58 bits per heavy atom. The van der Waals surface area contributed by atoms with Crippen LogP contribution in [0.4, 0.5) is 5.13 Å². The van der Waals surface area contributed by atoms with E-state index in [0.717, 1.165) is 0 Å². The van der Waals surface area contributed by atoms with E-state index in [1.165, 1.54) is 11.3 Å². The maximum absolute atomic E-state index is 10.4. The predicted octanol–water partition coefficient (Wildman–Crippen LogP) is 1.02. The van der Waals surface area contributed by atoms with Crippen LogP contribution in [-0.2, 0) is 16.0 Å². The zero-order valence-corrected chi connectivity index (χ0v) is 7.48. The quantitative estimate of drug-likeness (QED) is 0.456. The Bertz CT molecular complexity index is 299. The second kappa shape index (κ2) is 4.18. The standard InChI is InChI=1S/C6H5ClN2O2S/c7-5(11)1-4-2-12-6(9-4)8-3-10/h2-3H,1H2,(H,8,9,10)/i6+1,8+1,9+1. The van der Waals surface area contributed by atoms with Crippen LogP contribution < -0.4 is 5.32 Å². The minimum Gasteiger partial charge on any atom is -0.305 e. The van der Waals surface area contributed by atoms with E-state index in [2.05, 4.69) is 10.3 Å². The fourth-order valence-corrected chi connectivity index (χ4v) is 1.45. The zero-order chi connectivity index (χ0) is 8.97. The Labute approximate surface area is 77.6 Å². The number of anilines is 1. The van der Waals surface area contributed by atoms with Crippen molar-refractivity contribution >= 4 is 39.7 Å². The lowest BCUT2D eigenvalue weighted by atomic mass is 10.4. The molecule has 0 unspecified atom stereocenters. The Morgan fingerprint density at radius 1 is 1.83 bits per heavy atom. The fourth-order valence-electron chi connectivity index (χ4n) is 0.647. The van der Waals surface area contributed by atoms with Gasteiger partial charge >= 0.3 is 0 Å². The first-order chi connectivity index (χ1) is 5.72. The summed E-state index contributed by atoms with van der Waals surface area (Å²) in [6, 6.07) is 0. The van der Waals surface area contributed by atoms with E-state index in [1.54, 1.807) is 5.38 Å². The molecule has 0 saturated heterocycles. The SMILES string of the molecule is O=C[15NH][13c]1[15n]c(CC(=O)Cl)cs1. The van der Waals surface area contributed by atoms with Crippen molar-refractivity contribution in [1.29, 1.82) is 0 Å². The lowest BCUT2D eigenvalue weighted by Crippen LogP contribution is -1.96. The topological polar surface area (TPSA) is 59.1 Å². The number of nitrogens with one attached hydrogen (secondary N) is 1. The van der Waals surface area contributed by atoms with Crippen molar-refractivity contribution in [2.24, 2.45) is 0 Å². The number of aromatic nitrogens is 1. The summed E-state index contributed by atoms with van der Waals surface area (Å²) in [5.74, 6) is 0. The van der Waals surface area contributed by atoms with Gasteiger partial charge in [0.2, 0.25) is 11.7 Å². The smallest absolute Gasteiger partial charge is 0.227 e. The number of amides is 1. The van der Waals surface area contributed by atoms with Gasteiger partial charge in [0.15, 0.2) is 5.13 Å². The highest BCUT2D eigenvalue weighted by molar-refractivity contribution is 7.13. The van der Waals surface area contributed by atoms with Crippen LogP contribution in [0.5, 0.6) is 0 Å². The van der Waals surface area contributed by atoms with E-state index in [9.17, 15) is 9.59 Å². The van der Waals surface area contributed by atoms with Crippen molar-refractivity contribution < 1.29 is 9.59 Å². The molecule has 0 aliphatic rings. The fraction of sp³-hybridized carbons (Fsp3) is 0.167. The zero-order valence-electron chi connectivity index (χ0n) is 5.91. The summed E-state index contributed by atoms with van der Waals surface area (Å²) in [5, 5.41) is 4.06. The third-order valence-corrected chi connectivity index (χ3v) is 2.01. The first-order valence-corrected chi connectivity index (χ1v) is 4.31. The summed E-state index contributed by atoms with van der Waals surface area (Å²) in [6.45, 7) is 0. The van der Waals surface area contributed by atoms with Gasteiger partial charge < -0.3 is 5.32 Å². The van der Waals surface area contributed by atoms with E-state index in [4.69, 9.17) is 11.6 Å². The molecule has 1 aromatic rings. The van der Waals surface area contributed by atoms with Crippen molar-refractivity contribution in [2.75, 3.05) is 5.32 Å². The molecule has 1 N–H and O–H groups in total. The normalized spacial score (nSPS) is 9.42. The molecule has 1 heterocycles. The summed E-state index contributed by atoms with van der Waals surface area (Å²) in [4.78, 5) is 24.3. The highest BCUT2D eigenvalue weighted by Crippen LogP contribution is 2.15. The van der Waals surface area contributed by atoms with Crippen molar-refractivity contribution in [1.82, 2.24) is 4.98 Å². The van der Waals surface area contributed by atoms with Crippen LogP contribution in [0, 0.1) is 0 Å². The number of carbonyl (C=O) groups excluding carboxylic acids is 2. The van der Waals surface area contributed by atoms with Crippen LogP contribution in [0.2, 0.25) is 0 Å². The van der Waals surface area contributed by atoms with Crippen LogP contribution in [0.25, 0.3) is 0 Å². The molecule has 0 radical (unpaired) electrons. The van der Waals surface area contributed by atoms with E-state index in [1.807, 2.05) is 0 Å². The van der Waals surface area contributed by atoms with Gasteiger partial charge in [0.05, 0.1) is 12.1 Å². The summed E-state index contributed by atoms with van der Waals surface area (Å²) in [7, 11) is 0. The van der Waals surface area contributed by atoms with Gasteiger partial charge in [-0.15, -0.1) is 11.3 Å². The molecule has 1 aromatic heterocycles. The first kappa shape index (κ1) is 9.15. The Balaban J connectivity index is 2.63. The second-order valence-corrected chi connectivity index (χ2v) is 3.22. The van der Waals surface area contributed by atoms with E-state index < -0.39 is 5.24 Å². The summed E-state index contributed by atoms with van der Waals surface area (Å²) in [5.41, 5.74) is 0.573. The molecule has 0 fully saturated rings. The van der Waals surface area contributed by atoms with Crippen molar-refractivity contribution in [2.45, 2.75) is 6.42 Å². The number of rotatable bonds is 4. The third kappa shape index (κ3) is 2.60. The number of halogens is 1. The van der Waals surface area contributed by atoms with Crippen LogP contribution in [0.3, 0.4) is 0 Å². The van der Waals surface area contributed by atoms with Gasteiger partial charge in [0, 0.05) is 5.38 Å². The molecule has 0 spiro atoms. The molecule has 0 saturated carbocycles. The number of hydrogen-bond donors (Lipinski definition) is 1. The largest absolute Gasteiger partial charge is 0.305 e. The van der Waals surface area contributed by atoms with Crippen molar-refractivity contribution in [3.8, 4) is 0 Å². The van der Waals surface area contributed by atoms with Gasteiger partial charge in [0.1, 0.15) is 0 Å². The number of thiazole rings is 1. The monoisotopic (exact) mass is 207 g/mol. The number of hydrogen-bond acceptors (Lipinski definition) is 4. The third-order valence-electron chi connectivity index (χ3n) is 1.05. The minimum absolute atomic E-state index is 0.0958. The number of carbonyl (C=O) groups is 2. The number of nitrogens with zero attached hydrogens (tertiary/aromatic N) is 1. The van der Waals surface area contributed by atoms with Crippen molar-refractivity contribution in [3.63, 3.8) is 0 Å². The van der Waals surface area contributed by atoms with Crippen LogP contribution >= 0.6 is 22.9 Å². The molecule has 64 valence electrons. The Hall–Kier alpha value is -0.940. The van der Waals surface area contributed by atoms with Crippen LogP contribution in [0.1, 0.15) is 5.69 Å². The predicted molar refractivity (Wildman–Crippen MR) is 46.4 cm³/mol.